The van der Waals surface area contributed by atoms with E-state index in [1.54, 1.807) is 19.3 Å². The lowest BCUT2D eigenvalue weighted by molar-refractivity contribution is 0.194. The van der Waals surface area contributed by atoms with Crippen molar-refractivity contribution in [2.45, 2.75) is 63.0 Å². The summed E-state index contributed by atoms with van der Waals surface area (Å²) in [5.41, 5.74) is 0.174. The Labute approximate surface area is 141 Å². The Bertz CT molecular complexity index is 613. The molecule has 1 aromatic carbocycles. The molecule has 0 saturated heterocycles. The van der Waals surface area contributed by atoms with Gasteiger partial charge in [0.15, 0.2) is 11.5 Å². The van der Waals surface area contributed by atoms with Gasteiger partial charge in [-0.1, -0.05) is 24.4 Å². The van der Waals surface area contributed by atoms with Gasteiger partial charge >= 0.3 is 0 Å². The first-order valence-corrected chi connectivity index (χ1v) is 8.70. The molecule has 2 aliphatic rings. The minimum Gasteiger partial charge on any atom is -0.493 e. The summed E-state index contributed by atoms with van der Waals surface area (Å²) in [6, 6.07) is 3.63. The van der Waals surface area contributed by atoms with Crippen molar-refractivity contribution < 1.29 is 14.3 Å². The standard InChI is InChI=1S/C18H22ClNO3/c1-22-15-9-8-14(19)16(17(15)23-13-6-2-3-7-13)18(20-12-21)10-4-5-11-18/h8-9,13H,2-7,10-11H2,1H3. The SMILES string of the molecule is COc1ccc(Cl)c(C2(N=C=O)CCCC2)c1OC1CCCC1. The van der Waals surface area contributed by atoms with Crippen molar-refractivity contribution in [1.29, 1.82) is 0 Å². The average Bonchev–Trinajstić information content (AvgIpc) is 3.20. The van der Waals surface area contributed by atoms with Gasteiger partial charge in [-0.15, -0.1) is 0 Å². The molecule has 2 fully saturated rings. The third-order valence-electron chi connectivity index (χ3n) is 5.03. The van der Waals surface area contributed by atoms with Gasteiger partial charge in [0.05, 0.1) is 18.2 Å². The minimum atomic E-state index is -0.624. The number of aliphatic imine (C=N–C) groups is 1. The van der Waals surface area contributed by atoms with E-state index in [4.69, 9.17) is 21.1 Å². The Balaban J connectivity index is 2.11. The third-order valence-corrected chi connectivity index (χ3v) is 5.35. The van der Waals surface area contributed by atoms with Crippen LogP contribution < -0.4 is 9.47 Å². The molecule has 0 bridgehead atoms. The van der Waals surface area contributed by atoms with Crippen molar-refractivity contribution in [2.75, 3.05) is 7.11 Å². The predicted molar refractivity (Wildman–Crippen MR) is 89.2 cm³/mol. The van der Waals surface area contributed by atoms with Crippen LogP contribution in [-0.4, -0.2) is 19.3 Å². The van der Waals surface area contributed by atoms with Crippen molar-refractivity contribution in [3.05, 3.63) is 22.7 Å². The molecule has 4 nitrogen and oxygen atoms in total. The monoisotopic (exact) mass is 335 g/mol. The fourth-order valence-electron chi connectivity index (χ4n) is 3.89. The van der Waals surface area contributed by atoms with Crippen LogP contribution in [0.15, 0.2) is 17.1 Å². The second-order valence-electron chi connectivity index (χ2n) is 6.42. The van der Waals surface area contributed by atoms with E-state index in [1.807, 2.05) is 6.07 Å². The Morgan fingerprint density at radius 3 is 2.52 bits per heavy atom. The van der Waals surface area contributed by atoms with Crippen LogP contribution in [0.2, 0.25) is 5.02 Å². The van der Waals surface area contributed by atoms with Gasteiger partial charge in [-0.2, -0.15) is 4.99 Å². The lowest BCUT2D eigenvalue weighted by Gasteiger charge is -2.29. The van der Waals surface area contributed by atoms with E-state index in [0.29, 0.717) is 16.5 Å². The fraction of sp³-hybridized carbons (Fsp3) is 0.611. The van der Waals surface area contributed by atoms with Gasteiger partial charge in [0.25, 0.3) is 0 Å². The molecule has 0 unspecified atom stereocenters. The molecule has 0 aromatic heterocycles. The summed E-state index contributed by atoms with van der Waals surface area (Å²) in [7, 11) is 1.62. The van der Waals surface area contributed by atoms with Crippen LogP contribution in [0.25, 0.3) is 0 Å². The van der Waals surface area contributed by atoms with Gasteiger partial charge in [0.1, 0.15) is 5.54 Å². The molecular formula is C18H22ClNO3. The fourth-order valence-corrected chi connectivity index (χ4v) is 4.21. The molecule has 0 aliphatic heterocycles. The summed E-state index contributed by atoms with van der Waals surface area (Å²) in [6.45, 7) is 0. The maximum atomic E-state index is 11.1. The predicted octanol–water partition coefficient (Wildman–Crippen LogP) is 4.78. The second kappa shape index (κ2) is 6.94. The van der Waals surface area contributed by atoms with Crippen molar-refractivity contribution in [3.63, 3.8) is 0 Å². The number of hydrogen-bond acceptors (Lipinski definition) is 4. The highest BCUT2D eigenvalue weighted by molar-refractivity contribution is 6.31. The zero-order chi connectivity index (χ0) is 16.3. The quantitative estimate of drug-likeness (QED) is 0.575. The number of isocyanates is 1. The van der Waals surface area contributed by atoms with Crippen LogP contribution in [0.4, 0.5) is 0 Å². The Morgan fingerprint density at radius 1 is 1.22 bits per heavy atom. The number of ether oxygens (including phenoxy) is 2. The largest absolute Gasteiger partial charge is 0.493 e. The molecule has 5 heteroatoms. The lowest BCUT2D eigenvalue weighted by Crippen LogP contribution is -2.23. The minimum absolute atomic E-state index is 0.180. The van der Waals surface area contributed by atoms with Crippen LogP contribution >= 0.6 is 11.6 Å². The van der Waals surface area contributed by atoms with Gasteiger partial charge in [-0.05, 0) is 50.7 Å². The van der Waals surface area contributed by atoms with E-state index in [-0.39, 0.29) is 6.10 Å². The number of benzene rings is 1. The zero-order valence-corrected chi connectivity index (χ0v) is 14.2. The van der Waals surface area contributed by atoms with Crippen molar-refractivity contribution in [2.24, 2.45) is 4.99 Å². The smallest absolute Gasteiger partial charge is 0.235 e. The Hall–Kier alpha value is -1.51. The molecule has 0 heterocycles. The molecule has 1 aromatic rings. The van der Waals surface area contributed by atoms with E-state index in [9.17, 15) is 4.79 Å². The lowest BCUT2D eigenvalue weighted by atomic mass is 9.87. The molecule has 3 rings (SSSR count). The van der Waals surface area contributed by atoms with Gasteiger partial charge in [0.2, 0.25) is 6.08 Å². The summed E-state index contributed by atoms with van der Waals surface area (Å²) >= 11 is 6.52. The van der Waals surface area contributed by atoms with Crippen molar-refractivity contribution >= 4 is 17.7 Å². The van der Waals surface area contributed by atoms with E-state index in [1.165, 1.54) is 12.8 Å². The average molecular weight is 336 g/mol. The van der Waals surface area contributed by atoms with E-state index in [0.717, 1.165) is 44.1 Å². The molecule has 2 saturated carbocycles. The topological polar surface area (TPSA) is 47.9 Å². The van der Waals surface area contributed by atoms with Crippen LogP contribution in [0, 0.1) is 0 Å². The number of carbonyl (C=O) groups excluding carboxylic acids is 1. The summed E-state index contributed by atoms with van der Waals surface area (Å²) in [4.78, 5) is 15.2. The highest BCUT2D eigenvalue weighted by Crippen LogP contribution is 2.51. The van der Waals surface area contributed by atoms with Gasteiger partial charge in [-0.25, -0.2) is 4.79 Å². The van der Waals surface area contributed by atoms with Crippen LogP contribution in [0.1, 0.15) is 56.9 Å². The molecule has 0 radical (unpaired) electrons. The second-order valence-corrected chi connectivity index (χ2v) is 6.83. The number of methoxy groups -OCH3 is 1. The molecule has 0 atom stereocenters. The summed E-state index contributed by atoms with van der Waals surface area (Å²) < 4.78 is 11.8. The molecule has 0 amide bonds. The number of halogens is 1. The maximum Gasteiger partial charge on any atom is 0.235 e. The first-order valence-electron chi connectivity index (χ1n) is 8.33. The highest BCUT2D eigenvalue weighted by Gasteiger charge is 2.41. The molecule has 0 N–H and O–H groups in total. The number of rotatable bonds is 5. The van der Waals surface area contributed by atoms with Crippen LogP contribution in [0.3, 0.4) is 0 Å². The van der Waals surface area contributed by atoms with E-state index >= 15 is 0 Å². The first kappa shape index (κ1) is 16.4. The van der Waals surface area contributed by atoms with Crippen molar-refractivity contribution in [1.82, 2.24) is 0 Å². The van der Waals surface area contributed by atoms with Crippen LogP contribution in [0.5, 0.6) is 11.5 Å². The van der Waals surface area contributed by atoms with E-state index in [2.05, 4.69) is 4.99 Å². The van der Waals surface area contributed by atoms with Gasteiger partial charge in [0, 0.05) is 5.56 Å². The number of nitrogens with zero attached hydrogens (tertiary/aromatic N) is 1. The Kier molecular flexibility index (Phi) is 4.93. The van der Waals surface area contributed by atoms with Gasteiger partial charge < -0.3 is 9.47 Å². The zero-order valence-electron chi connectivity index (χ0n) is 13.4. The van der Waals surface area contributed by atoms with E-state index < -0.39 is 5.54 Å². The maximum absolute atomic E-state index is 11.1. The number of hydrogen-bond donors (Lipinski definition) is 0. The van der Waals surface area contributed by atoms with Gasteiger partial charge in [-0.3, -0.25) is 0 Å². The first-order chi connectivity index (χ1) is 11.2. The molecular weight excluding hydrogens is 314 g/mol. The molecule has 23 heavy (non-hydrogen) atoms. The third kappa shape index (κ3) is 3.11. The van der Waals surface area contributed by atoms with Crippen molar-refractivity contribution in [3.8, 4) is 11.5 Å². The summed E-state index contributed by atoms with van der Waals surface area (Å²) in [5.74, 6) is 1.32. The van der Waals surface area contributed by atoms with Crippen LogP contribution in [-0.2, 0) is 10.3 Å². The Morgan fingerprint density at radius 2 is 1.91 bits per heavy atom. The normalized spacial score (nSPS) is 20.3. The molecule has 0 spiro atoms. The summed E-state index contributed by atoms with van der Waals surface area (Å²) in [6.07, 6.45) is 9.99. The molecule has 124 valence electrons. The highest BCUT2D eigenvalue weighted by atomic mass is 35.5. The molecule has 2 aliphatic carbocycles. The summed E-state index contributed by atoms with van der Waals surface area (Å²) in [5, 5.41) is 0.583.